The number of halogens is 1. The van der Waals surface area contributed by atoms with Gasteiger partial charge in [-0.1, -0.05) is 44.9 Å². The Morgan fingerprint density at radius 3 is 2.57 bits per heavy atom. The number of carbonyl (C=O) groups excluding carboxylic acids is 1. The maximum absolute atomic E-state index is 12.4. The summed E-state index contributed by atoms with van der Waals surface area (Å²) in [4.78, 5) is 12.4. The van der Waals surface area contributed by atoms with Gasteiger partial charge in [0.05, 0.1) is 5.92 Å². The molecule has 5 nitrogen and oxygen atoms in total. The van der Waals surface area contributed by atoms with E-state index in [9.17, 15) is 4.79 Å². The minimum absolute atomic E-state index is 0. The Labute approximate surface area is 136 Å². The molecule has 0 radical (unpaired) electrons. The molecule has 7 heteroatoms. The van der Waals surface area contributed by atoms with E-state index in [2.05, 4.69) is 36.3 Å². The van der Waals surface area contributed by atoms with Gasteiger partial charge in [-0.15, -0.1) is 22.6 Å². The molecule has 0 aromatic carbocycles. The van der Waals surface area contributed by atoms with Crippen LogP contribution in [0.25, 0.3) is 0 Å². The molecule has 0 spiro atoms. The second kappa shape index (κ2) is 6.58. The predicted molar refractivity (Wildman–Crippen MR) is 89.0 cm³/mol. The van der Waals surface area contributed by atoms with Crippen molar-refractivity contribution in [2.24, 2.45) is 11.7 Å². The summed E-state index contributed by atoms with van der Waals surface area (Å²) >= 11 is 1.44. The Bertz CT molecular complexity index is 495. The van der Waals surface area contributed by atoms with Crippen molar-refractivity contribution in [3.8, 4) is 0 Å². The molecule has 1 amide bonds. The summed E-state index contributed by atoms with van der Waals surface area (Å²) in [7, 11) is 0. The lowest BCUT2D eigenvalue weighted by Gasteiger charge is -2.36. The first-order valence-electron chi connectivity index (χ1n) is 7.14. The van der Waals surface area contributed by atoms with Crippen LogP contribution in [-0.2, 0) is 10.2 Å². The van der Waals surface area contributed by atoms with Crippen molar-refractivity contribution in [3.63, 3.8) is 0 Å². The quantitative estimate of drug-likeness (QED) is 0.872. The maximum atomic E-state index is 12.4. The van der Waals surface area contributed by atoms with Crippen LogP contribution >= 0.6 is 23.7 Å². The average Bonchev–Trinajstić information content (AvgIpc) is 2.76. The molecule has 0 bridgehead atoms. The molecule has 0 saturated heterocycles. The molecular formula is C14H25ClN4OS. The summed E-state index contributed by atoms with van der Waals surface area (Å²) in [5, 5.41) is 12.6. The number of amides is 1. The first-order chi connectivity index (χ1) is 9.20. The van der Waals surface area contributed by atoms with Crippen LogP contribution in [0, 0.1) is 5.92 Å². The minimum Gasteiger partial charge on any atom is -0.325 e. The number of nitrogens with two attached hydrogens (primary N) is 1. The zero-order valence-electron chi connectivity index (χ0n) is 13.1. The van der Waals surface area contributed by atoms with Gasteiger partial charge < -0.3 is 11.1 Å². The largest absolute Gasteiger partial charge is 0.325 e. The molecule has 1 aromatic heterocycles. The second-order valence-electron chi connectivity index (χ2n) is 6.96. The molecule has 1 aliphatic rings. The Kier molecular flexibility index (Phi) is 5.75. The first-order valence-corrected chi connectivity index (χ1v) is 7.95. The third-order valence-corrected chi connectivity index (χ3v) is 5.13. The van der Waals surface area contributed by atoms with Crippen molar-refractivity contribution < 1.29 is 4.79 Å². The van der Waals surface area contributed by atoms with Crippen LogP contribution in [0.15, 0.2) is 0 Å². The van der Waals surface area contributed by atoms with Crippen molar-refractivity contribution in [2.75, 3.05) is 5.32 Å². The number of hydrogen-bond donors (Lipinski definition) is 2. The van der Waals surface area contributed by atoms with Crippen LogP contribution in [0.4, 0.5) is 5.13 Å². The van der Waals surface area contributed by atoms with E-state index in [0.717, 1.165) is 30.7 Å². The van der Waals surface area contributed by atoms with Gasteiger partial charge in [-0.25, -0.2) is 0 Å². The molecule has 1 aromatic rings. The van der Waals surface area contributed by atoms with Crippen molar-refractivity contribution >= 4 is 34.8 Å². The zero-order chi connectivity index (χ0) is 15.0. The Morgan fingerprint density at radius 2 is 2.05 bits per heavy atom. The lowest BCUT2D eigenvalue weighted by Crippen LogP contribution is -2.51. The Balaban J connectivity index is 0.00000220. The third kappa shape index (κ3) is 4.37. The molecule has 2 unspecified atom stereocenters. The van der Waals surface area contributed by atoms with Crippen molar-refractivity contribution in [2.45, 2.75) is 64.3 Å². The number of anilines is 1. The van der Waals surface area contributed by atoms with Gasteiger partial charge >= 0.3 is 0 Å². The highest BCUT2D eigenvalue weighted by Gasteiger charge is 2.38. The van der Waals surface area contributed by atoms with E-state index in [1.165, 1.54) is 11.3 Å². The molecule has 3 N–H and O–H groups in total. The highest BCUT2D eigenvalue weighted by molar-refractivity contribution is 7.15. The SMILES string of the molecule is CC(C)(C)c1nnc(NC(=O)C2CCCCC2(C)N)s1.Cl. The molecule has 120 valence electrons. The smallest absolute Gasteiger partial charge is 0.231 e. The van der Waals surface area contributed by atoms with E-state index in [-0.39, 0.29) is 29.6 Å². The van der Waals surface area contributed by atoms with Crippen LogP contribution in [0.2, 0.25) is 0 Å². The van der Waals surface area contributed by atoms with Gasteiger partial charge in [-0.3, -0.25) is 4.79 Å². The highest BCUT2D eigenvalue weighted by Crippen LogP contribution is 2.33. The van der Waals surface area contributed by atoms with Gasteiger partial charge in [0, 0.05) is 11.0 Å². The monoisotopic (exact) mass is 332 g/mol. The van der Waals surface area contributed by atoms with Gasteiger partial charge in [-0.2, -0.15) is 0 Å². The van der Waals surface area contributed by atoms with E-state index in [0.29, 0.717) is 5.13 Å². The minimum atomic E-state index is -0.417. The number of hydrogen-bond acceptors (Lipinski definition) is 5. The molecule has 21 heavy (non-hydrogen) atoms. The summed E-state index contributed by atoms with van der Waals surface area (Å²) in [6.45, 7) is 8.21. The molecule has 2 atom stereocenters. The first kappa shape index (κ1) is 18.3. The van der Waals surface area contributed by atoms with E-state index in [1.54, 1.807) is 0 Å². The molecule has 2 rings (SSSR count). The van der Waals surface area contributed by atoms with Crippen LogP contribution in [0.3, 0.4) is 0 Å². The van der Waals surface area contributed by atoms with Crippen LogP contribution < -0.4 is 11.1 Å². The van der Waals surface area contributed by atoms with Crippen molar-refractivity contribution in [3.05, 3.63) is 5.01 Å². The normalized spacial score (nSPS) is 26.0. The molecular weight excluding hydrogens is 308 g/mol. The van der Waals surface area contributed by atoms with Gasteiger partial charge in [0.1, 0.15) is 5.01 Å². The summed E-state index contributed by atoms with van der Waals surface area (Å²) in [6, 6.07) is 0. The van der Waals surface area contributed by atoms with Gasteiger partial charge in [0.25, 0.3) is 0 Å². The van der Waals surface area contributed by atoms with Crippen LogP contribution in [0.1, 0.15) is 58.4 Å². The highest BCUT2D eigenvalue weighted by atomic mass is 35.5. The summed E-state index contributed by atoms with van der Waals surface area (Å²) < 4.78 is 0. The predicted octanol–water partition coefficient (Wildman–Crippen LogP) is 3.10. The van der Waals surface area contributed by atoms with Gasteiger partial charge in [-0.05, 0) is 19.8 Å². The second-order valence-corrected chi connectivity index (χ2v) is 7.93. The average molecular weight is 333 g/mol. The molecule has 1 saturated carbocycles. The van der Waals surface area contributed by atoms with Crippen molar-refractivity contribution in [1.82, 2.24) is 10.2 Å². The fourth-order valence-corrected chi connectivity index (χ4v) is 3.36. The lowest BCUT2D eigenvalue weighted by molar-refractivity contribution is -0.122. The maximum Gasteiger partial charge on any atom is 0.231 e. The number of carbonyl (C=O) groups is 1. The van der Waals surface area contributed by atoms with Crippen LogP contribution in [-0.4, -0.2) is 21.6 Å². The Hall–Kier alpha value is -0.720. The summed E-state index contributed by atoms with van der Waals surface area (Å²) in [5.41, 5.74) is 5.79. The summed E-state index contributed by atoms with van der Waals surface area (Å²) in [5.74, 6) is -0.162. The van der Waals surface area contributed by atoms with Gasteiger partial charge in [0.15, 0.2) is 0 Å². The van der Waals surface area contributed by atoms with Gasteiger partial charge in [0.2, 0.25) is 11.0 Å². The lowest BCUT2D eigenvalue weighted by atomic mass is 9.74. The topological polar surface area (TPSA) is 80.9 Å². The number of aromatic nitrogens is 2. The molecule has 1 heterocycles. The Morgan fingerprint density at radius 1 is 1.38 bits per heavy atom. The fourth-order valence-electron chi connectivity index (χ4n) is 2.56. The third-order valence-electron chi connectivity index (χ3n) is 3.87. The van der Waals surface area contributed by atoms with Crippen LogP contribution in [0.5, 0.6) is 0 Å². The molecule has 1 fully saturated rings. The number of rotatable bonds is 2. The standard InChI is InChI=1S/C14H24N4OS.ClH/c1-13(2,3)11-17-18-12(20-11)16-10(19)9-7-5-6-8-14(9,4)15;/h9H,5-8,15H2,1-4H3,(H,16,18,19);1H. The summed E-state index contributed by atoms with van der Waals surface area (Å²) in [6.07, 6.45) is 3.91. The van der Waals surface area contributed by atoms with E-state index < -0.39 is 5.54 Å². The van der Waals surface area contributed by atoms with Crippen molar-refractivity contribution in [1.29, 1.82) is 0 Å². The fraction of sp³-hybridized carbons (Fsp3) is 0.786. The van der Waals surface area contributed by atoms with E-state index in [4.69, 9.17) is 5.73 Å². The van der Waals surface area contributed by atoms with E-state index in [1.807, 2.05) is 6.92 Å². The van der Waals surface area contributed by atoms with E-state index >= 15 is 0 Å². The molecule has 1 aliphatic carbocycles. The number of nitrogens with zero attached hydrogens (tertiary/aromatic N) is 2. The molecule has 0 aliphatic heterocycles. The number of nitrogens with one attached hydrogen (secondary N) is 1. The zero-order valence-corrected chi connectivity index (χ0v) is 14.7.